The van der Waals surface area contributed by atoms with Gasteiger partial charge in [0.2, 0.25) is 5.91 Å². The SMILES string of the molecule is CC(C)(C)OC(=O)N1CC2C(C1)C2C(=O)NC1CCCCC1. The Balaban J connectivity index is 1.44. The Labute approximate surface area is 132 Å². The number of carbonyl (C=O) groups excluding carboxylic acids is 2. The summed E-state index contributed by atoms with van der Waals surface area (Å²) in [5.41, 5.74) is -0.457. The second kappa shape index (κ2) is 5.74. The largest absolute Gasteiger partial charge is 0.444 e. The molecule has 0 aromatic rings. The van der Waals surface area contributed by atoms with Crippen LogP contribution in [0.2, 0.25) is 0 Å². The van der Waals surface area contributed by atoms with Gasteiger partial charge in [0.05, 0.1) is 0 Å². The highest BCUT2D eigenvalue weighted by Gasteiger charge is 2.60. The van der Waals surface area contributed by atoms with Gasteiger partial charge in [0.1, 0.15) is 5.60 Å². The van der Waals surface area contributed by atoms with Gasteiger partial charge >= 0.3 is 6.09 Å². The molecular weight excluding hydrogens is 280 g/mol. The molecule has 0 bridgehead atoms. The number of ether oxygens (including phenoxy) is 1. The lowest BCUT2D eigenvalue weighted by Crippen LogP contribution is -2.41. The van der Waals surface area contributed by atoms with Crippen LogP contribution >= 0.6 is 0 Å². The van der Waals surface area contributed by atoms with Gasteiger partial charge in [-0.25, -0.2) is 4.79 Å². The van der Waals surface area contributed by atoms with Gasteiger partial charge in [-0.2, -0.15) is 0 Å². The lowest BCUT2D eigenvalue weighted by molar-refractivity contribution is -0.124. The number of piperidine rings is 1. The van der Waals surface area contributed by atoms with Gasteiger partial charge in [-0.05, 0) is 45.4 Å². The monoisotopic (exact) mass is 308 g/mol. The molecule has 5 nitrogen and oxygen atoms in total. The van der Waals surface area contributed by atoms with Crippen molar-refractivity contribution in [3.63, 3.8) is 0 Å². The predicted octanol–water partition coefficient (Wildman–Crippen LogP) is 2.55. The highest BCUT2D eigenvalue weighted by atomic mass is 16.6. The molecule has 2 amide bonds. The molecule has 0 radical (unpaired) electrons. The number of nitrogens with zero attached hydrogens (tertiary/aromatic N) is 1. The molecule has 2 unspecified atom stereocenters. The molecule has 124 valence electrons. The zero-order valence-corrected chi connectivity index (χ0v) is 13.9. The van der Waals surface area contributed by atoms with Crippen molar-refractivity contribution < 1.29 is 14.3 Å². The van der Waals surface area contributed by atoms with Gasteiger partial charge in [0.15, 0.2) is 0 Å². The number of amides is 2. The Morgan fingerprint density at radius 2 is 1.64 bits per heavy atom. The number of nitrogens with one attached hydrogen (secondary N) is 1. The maximum atomic E-state index is 12.3. The molecule has 3 aliphatic rings. The Hall–Kier alpha value is -1.26. The second-order valence-electron chi connectivity index (χ2n) is 8.08. The highest BCUT2D eigenvalue weighted by molar-refractivity contribution is 5.83. The summed E-state index contributed by atoms with van der Waals surface area (Å²) in [7, 11) is 0. The number of fused-ring (bicyclic) bond motifs is 1. The van der Waals surface area contributed by atoms with Crippen LogP contribution in [0.15, 0.2) is 0 Å². The van der Waals surface area contributed by atoms with Gasteiger partial charge in [-0.3, -0.25) is 4.79 Å². The molecule has 2 atom stereocenters. The number of hydrogen-bond donors (Lipinski definition) is 1. The lowest BCUT2D eigenvalue weighted by atomic mass is 9.95. The summed E-state index contributed by atoms with van der Waals surface area (Å²) in [5.74, 6) is 1.03. The fourth-order valence-electron chi connectivity index (χ4n) is 3.94. The second-order valence-corrected chi connectivity index (χ2v) is 8.08. The summed E-state index contributed by atoms with van der Waals surface area (Å²) < 4.78 is 5.39. The van der Waals surface area contributed by atoms with E-state index < -0.39 is 5.60 Å². The zero-order valence-electron chi connectivity index (χ0n) is 13.9. The van der Waals surface area contributed by atoms with Crippen LogP contribution in [0.3, 0.4) is 0 Å². The van der Waals surface area contributed by atoms with Crippen molar-refractivity contribution in [2.75, 3.05) is 13.1 Å². The van der Waals surface area contributed by atoms with Gasteiger partial charge < -0.3 is 15.0 Å². The summed E-state index contributed by atoms with van der Waals surface area (Å²) in [6.45, 7) is 6.97. The van der Waals surface area contributed by atoms with Gasteiger partial charge in [-0.15, -0.1) is 0 Å². The molecule has 0 aromatic heterocycles. The van der Waals surface area contributed by atoms with Gasteiger partial charge in [0.25, 0.3) is 0 Å². The Bertz CT molecular complexity index is 439. The van der Waals surface area contributed by atoms with Crippen LogP contribution in [-0.4, -0.2) is 41.6 Å². The number of likely N-dealkylation sites (tertiary alicyclic amines) is 1. The van der Waals surface area contributed by atoms with E-state index in [-0.39, 0.29) is 17.9 Å². The quantitative estimate of drug-likeness (QED) is 0.853. The van der Waals surface area contributed by atoms with E-state index in [2.05, 4.69) is 5.32 Å². The molecule has 3 fully saturated rings. The van der Waals surface area contributed by atoms with Crippen molar-refractivity contribution in [1.29, 1.82) is 0 Å². The fourth-order valence-corrected chi connectivity index (χ4v) is 3.94. The lowest BCUT2D eigenvalue weighted by Gasteiger charge is -2.26. The van der Waals surface area contributed by atoms with E-state index in [1.54, 1.807) is 4.90 Å². The molecule has 1 saturated heterocycles. The van der Waals surface area contributed by atoms with Crippen LogP contribution in [0.25, 0.3) is 0 Å². The summed E-state index contributed by atoms with van der Waals surface area (Å²) in [5, 5.41) is 3.22. The van der Waals surface area contributed by atoms with Crippen LogP contribution in [0.4, 0.5) is 4.79 Å². The van der Waals surface area contributed by atoms with E-state index in [0.717, 1.165) is 12.8 Å². The first-order chi connectivity index (χ1) is 10.3. The molecule has 1 aliphatic heterocycles. The Kier molecular flexibility index (Phi) is 4.08. The van der Waals surface area contributed by atoms with Crippen LogP contribution in [-0.2, 0) is 9.53 Å². The third-order valence-electron chi connectivity index (χ3n) is 5.10. The summed E-state index contributed by atoms with van der Waals surface area (Å²) >= 11 is 0. The number of rotatable bonds is 2. The predicted molar refractivity (Wildman–Crippen MR) is 83.3 cm³/mol. The molecule has 1 heterocycles. The minimum Gasteiger partial charge on any atom is -0.444 e. The van der Waals surface area contributed by atoms with Crippen LogP contribution in [0, 0.1) is 17.8 Å². The Morgan fingerprint density at radius 3 is 2.18 bits per heavy atom. The molecule has 0 aromatic carbocycles. The first-order valence-corrected chi connectivity index (χ1v) is 8.63. The number of carbonyl (C=O) groups is 2. The van der Waals surface area contributed by atoms with E-state index in [9.17, 15) is 9.59 Å². The van der Waals surface area contributed by atoms with Crippen molar-refractivity contribution in [3.8, 4) is 0 Å². The van der Waals surface area contributed by atoms with E-state index in [0.29, 0.717) is 31.0 Å². The maximum absolute atomic E-state index is 12.3. The molecule has 0 spiro atoms. The average Bonchev–Trinajstić information content (AvgIpc) is 2.93. The van der Waals surface area contributed by atoms with Crippen molar-refractivity contribution in [2.24, 2.45) is 17.8 Å². The van der Waals surface area contributed by atoms with Crippen molar-refractivity contribution in [3.05, 3.63) is 0 Å². The molecule has 2 saturated carbocycles. The standard InChI is InChI=1S/C17H28N2O3/c1-17(2,3)22-16(21)19-9-12-13(10-19)14(12)15(20)18-11-7-5-4-6-8-11/h11-14H,4-10H2,1-3H3,(H,18,20). The normalized spacial score (nSPS) is 31.6. The van der Waals surface area contributed by atoms with E-state index >= 15 is 0 Å². The van der Waals surface area contributed by atoms with Gasteiger partial charge in [0, 0.05) is 25.0 Å². The molecular formula is C17H28N2O3. The minimum absolute atomic E-state index is 0.126. The summed E-state index contributed by atoms with van der Waals surface area (Å²) in [6.07, 6.45) is 5.76. The fraction of sp³-hybridized carbons (Fsp3) is 0.882. The van der Waals surface area contributed by atoms with Gasteiger partial charge in [-0.1, -0.05) is 19.3 Å². The van der Waals surface area contributed by atoms with Crippen molar-refractivity contribution in [2.45, 2.75) is 64.5 Å². The summed E-state index contributed by atoms with van der Waals surface area (Å²) in [4.78, 5) is 26.1. The molecule has 1 N–H and O–H groups in total. The van der Waals surface area contributed by atoms with E-state index in [1.807, 2.05) is 20.8 Å². The Morgan fingerprint density at radius 1 is 1.05 bits per heavy atom. The van der Waals surface area contributed by atoms with Crippen LogP contribution < -0.4 is 5.32 Å². The molecule has 2 aliphatic carbocycles. The van der Waals surface area contributed by atoms with E-state index in [1.165, 1.54) is 19.3 Å². The topological polar surface area (TPSA) is 58.6 Å². The molecule has 22 heavy (non-hydrogen) atoms. The molecule has 3 rings (SSSR count). The third-order valence-corrected chi connectivity index (χ3v) is 5.10. The third kappa shape index (κ3) is 3.39. The first-order valence-electron chi connectivity index (χ1n) is 8.63. The van der Waals surface area contributed by atoms with Crippen LogP contribution in [0.1, 0.15) is 52.9 Å². The average molecular weight is 308 g/mol. The molecule has 5 heteroatoms. The smallest absolute Gasteiger partial charge is 0.410 e. The first kappa shape index (κ1) is 15.6. The zero-order chi connectivity index (χ0) is 15.9. The van der Waals surface area contributed by atoms with Crippen LogP contribution in [0.5, 0.6) is 0 Å². The summed E-state index contributed by atoms with van der Waals surface area (Å²) in [6, 6.07) is 0.379. The van der Waals surface area contributed by atoms with E-state index in [4.69, 9.17) is 4.74 Å². The van der Waals surface area contributed by atoms with Crippen molar-refractivity contribution >= 4 is 12.0 Å². The number of hydrogen-bond acceptors (Lipinski definition) is 3. The maximum Gasteiger partial charge on any atom is 0.410 e. The minimum atomic E-state index is -0.457. The highest BCUT2D eigenvalue weighted by Crippen LogP contribution is 2.52. The van der Waals surface area contributed by atoms with Crippen molar-refractivity contribution in [1.82, 2.24) is 10.2 Å².